The maximum atomic E-state index is 12.7. The van der Waals surface area contributed by atoms with Crippen LogP contribution in [0.15, 0.2) is 53.3 Å². The fourth-order valence-corrected chi connectivity index (χ4v) is 9.16. The number of aldehydes is 1. The van der Waals surface area contributed by atoms with E-state index in [9.17, 15) is 14.4 Å². The van der Waals surface area contributed by atoms with E-state index in [2.05, 4.69) is 25.2 Å². The number of rotatable bonds is 11. The number of Topliss-reactive ketones (excluding diaryl/α,β-unsaturated/α-hetero) is 1. The van der Waals surface area contributed by atoms with E-state index < -0.39 is 24.2 Å². The van der Waals surface area contributed by atoms with Gasteiger partial charge in [0.1, 0.15) is 20.5 Å². The molecule has 0 bridgehead atoms. The summed E-state index contributed by atoms with van der Waals surface area (Å²) in [4.78, 5) is 36.2. The van der Waals surface area contributed by atoms with Gasteiger partial charge in [0.15, 0.2) is 5.78 Å². The molecule has 33 heavy (non-hydrogen) atoms. The fraction of sp³-hybridized carbons (Fsp3) is 0.480. The first kappa shape index (κ1) is 27.6. The van der Waals surface area contributed by atoms with Gasteiger partial charge in [0.05, 0.1) is 23.4 Å². The van der Waals surface area contributed by atoms with Gasteiger partial charge in [-0.05, 0) is 43.4 Å². The van der Waals surface area contributed by atoms with E-state index in [-0.39, 0.29) is 12.4 Å². The van der Waals surface area contributed by atoms with Crippen molar-refractivity contribution in [3.8, 4) is 0 Å². The van der Waals surface area contributed by atoms with Crippen LogP contribution in [0.5, 0.6) is 0 Å². The highest BCUT2D eigenvalue weighted by atomic mass is 32.2. The minimum Gasteiger partial charge on any atom is -0.466 e. The van der Waals surface area contributed by atoms with Crippen molar-refractivity contribution < 1.29 is 23.9 Å². The zero-order valence-corrected chi connectivity index (χ0v) is 22.7. The molecule has 0 aliphatic carbocycles. The van der Waals surface area contributed by atoms with Crippen molar-refractivity contribution in [3.63, 3.8) is 0 Å². The Morgan fingerprint density at radius 1 is 1.15 bits per heavy atom. The summed E-state index contributed by atoms with van der Waals surface area (Å²) in [7, 11) is -0.730. The molecule has 1 aliphatic heterocycles. The van der Waals surface area contributed by atoms with Gasteiger partial charge < -0.3 is 14.3 Å². The summed E-state index contributed by atoms with van der Waals surface area (Å²) in [6.45, 7) is 7.66. The largest absolute Gasteiger partial charge is 0.466 e. The van der Waals surface area contributed by atoms with Crippen molar-refractivity contribution in [3.05, 3.63) is 53.3 Å². The van der Waals surface area contributed by atoms with Crippen molar-refractivity contribution >= 4 is 54.8 Å². The summed E-state index contributed by atoms with van der Waals surface area (Å²) in [5.74, 6) is 1.37. The Morgan fingerprint density at radius 2 is 1.79 bits per heavy atom. The molecule has 0 aromatic heterocycles. The quantitative estimate of drug-likeness (QED) is 0.192. The number of ether oxygens (including phenoxy) is 2. The number of esters is 1. The van der Waals surface area contributed by atoms with E-state index in [1.165, 1.54) is 19.2 Å². The molecule has 180 valence electrons. The minimum atomic E-state index is -2.10. The van der Waals surface area contributed by atoms with Crippen molar-refractivity contribution in [2.45, 2.75) is 50.0 Å². The van der Waals surface area contributed by atoms with Crippen LogP contribution in [-0.2, 0) is 23.9 Å². The Hall–Kier alpha value is -1.61. The Labute approximate surface area is 206 Å². The second-order valence-electron chi connectivity index (χ2n) is 8.62. The van der Waals surface area contributed by atoms with Gasteiger partial charge in [-0.3, -0.25) is 4.79 Å². The molecule has 1 heterocycles. The minimum absolute atomic E-state index is 0.0444. The number of hydrogen-bond donors (Lipinski definition) is 0. The highest BCUT2D eigenvalue weighted by molar-refractivity contribution is 8.18. The molecule has 0 N–H and O–H groups in total. The fourth-order valence-electron chi connectivity index (χ4n) is 3.61. The molecule has 2 rings (SSSR count). The lowest BCUT2D eigenvalue weighted by molar-refractivity contribution is -0.137. The standard InChI is InChI=1S/C25H34O5S2Si/c1-19(20(2)27)16-23(25(12-13-26)31-14-9-15-32-25)30-17-21(24(28)29-3)18-33(4,5)22-10-7-6-8-11-22/h6-8,10-11,13,16,18,23H,9,12,14-15,17H2,1-5H3/b19-16+,21-18+. The number of carbonyl (C=O) groups is 3. The van der Waals surface area contributed by atoms with Crippen LogP contribution in [0.2, 0.25) is 13.1 Å². The molecule has 0 saturated carbocycles. The lowest BCUT2D eigenvalue weighted by Crippen LogP contribution is -2.42. The maximum absolute atomic E-state index is 12.7. The van der Waals surface area contributed by atoms with E-state index in [1.807, 2.05) is 30.0 Å². The normalized spacial score (nSPS) is 17.8. The summed E-state index contributed by atoms with van der Waals surface area (Å²) < 4.78 is 10.9. The molecule has 0 spiro atoms. The molecule has 5 nitrogen and oxygen atoms in total. The maximum Gasteiger partial charge on any atom is 0.335 e. The molecule has 1 atom stereocenters. The molecule has 1 aromatic carbocycles. The zero-order valence-electron chi connectivity index (χ0n) is 20.1. The molecule has 1 unspecified atom stereocenters. The third-order valence-electron chi connectivity index (χ3n) is 5.66. The third-order valence-corrected chi connectivity index (χ3v) is 12.0. The Bertz CT molecular complexity index is 889. The summed E-state index contributed by atoms with van der Waals surface area (Å²) in [6.07, 6.45) is 3.59. The third kappa shape index (κ3) is 7.70. The first-order chi connectivity index (χ1) is 15.6. The predicted molar refractivity (Wildman–Crippen MR) is 141 cm³/mol. The van der Waals surface area contributed by atoms with Crippen LogP contribution in [0.25, 0.3) is 0 Å². The van der Waals surface area contributed by atoms with E-state index in [4.69, 9.17) is 9.47 Å². The highest BCUT2D eigenvalue weighted by Gasteiger charge is 2.42. The van der Waals surface area contributed by atoms with Crippen molar-refractivity contribution in [2.24, 2.45) is 0 Å². The average molecular weight is 507 g/mol. The summed E-state index contributed by atoms with van der Waals surface area (Å²) >= 11 is 3.39. The van der Waals surface area contributed by atoms with E-state index in [0.717, 1.165) is 24.2 Å². The molecule has 0 amide bonds. The van der Waals surface area contributed by atoms with Gasteiger partial charge in [-0.1, -0.05) is 54.3 Å². The van der Waals surface area contributed by atoms with Crippen LogP contribution in [0, 0.1) is 0 Å². The first-order valence-corrected chi connectivity index (χ1v) is 16.1. The molecule has 1 fully saturated rings. The topological polar surface area (TPSA) is 69.7 Å². The molecule has 0 radical (unpaired) electrons. The van der Waals surface area contributed by atoms with Gasteiger partial charge in [0.25, 0.3) is 0 Å². The lowest BCUT2D eigenvalue weighted by atomic mass is 10.1. The number of thioether (sulfide) groups is 2. The number of carbonyl (C=O) groups excluding carboxylic acids is 3. The SMILES string of the molecule is COC(=O)/C(=C/[Si](C)(C)c1ccccc1)COC(/C=C(\C)C(C)=O)C1(CC=O)SCCCS1. The number of ketones is 1. The summed E-state index contributed by atoms with van der Waals surface area (Å²) in [5, 5.41) is 1.20. The predicted octanol–water partition coefficient (Wildman–Crippen LogP) is 4.32. The first-order valence-electron chi connectivity index (χ1n) is 11.0. The summed E-state index contributed by atoms with van der Waals surface area (Å²) in [6, 6.07) is 10.1. The molecule has 1 aliphatic rings. The second kappa shape index (κ2) is 12.7. The molecule has 8 heteroatoms. The van der Waals surface area contributed by atoms with Crippen LogP contribution in [0.1, 0.15) is 26.7 Å². The van der Waals surface area contributed by atoms with Crippen molar-refractivity contribution in [1.29, 1.82) is 0 Å². The molecular formula is C25H34O5S2Si. The monoisotopic (exact) mass is 506 g/mol. The zero-order chi connectivity index (χ0) is 24.5. The molecule has 1 aromatic rings. The van der Waals surface area contributed by atoms with E-state index >= 15 is 0 Å². The second-order valence-corrected chi connectivity index (χ2v) is 16.0. The smallest absolute Gasteiger partial charge is 0.335 e. The Balaban J connectivity index is 2.40. The van der Waals surface area contributed by atoms with Crippen LogP contribution >= 0.6 is 23.5 Å². The Morgan fingerprint density at radius 3 is 2.33 bits per heavy atom. The number of benzene rings is 1. The van der Waals surface area contributed by atoms with Crippen LogP contribution in [0.3, 0.4) is 0 Å². The van der Waals surface area contributed by atoms with Crippen LogP contribution in [-0.4, -0.2) is 61.5 Å². The van der Waals surface area contributed by atoms with Gasteiger partial charge in [-0.25, -0.2) is 4.79 Å². The van der Waals surface area contributed by atoms with Crippen LogP contribution < -0.4 is 5.19 Å². The lowest BCUT2D eigenvalue weighted by Gasteiger charge is -2.40. The Kier molecular flexibility index (Phi) is 10.7. The van der Waals surface area contributed by atoms with Crippen molar-refractivity contribution in [1.82, 2.24) is 0 Å². The van der Waals surface area contributed by atoms with Crippen molar-refractivity contribution in [2.75, 3.05) is 25.2 Å². The van der Waals surface area contributed by atoms with Gasteiger partial charge in [-0.15, -0.1) is 23.5 Å². The number of methoxy groups -OCH3 is 1. The average Bonchev–Trinajstić information content (AvgIpc) is 2.81. The highest BCUT2D eigenvalue weighted by Crippen LogP contribution is 2.48. The number of hydrogen-bond acceptors (Lipinski definition) is 7. The van der Waals surface area contributed by atoms with Gasteiger partial charge in [0.2, 0.25) is 0 Å². The van der Waals surface area contributed by atoms with E-state index in [1.54, 1.807) is 30.4 Å². The van der Waals surface area contributed by atoms with E-state index in [0.29, 0.717) is 17.6 Å². The molecule has 1 saturated heterocycles. The van der Waals surface area contributed by atoms with Crippen LogP contribution in [0.4, 0.5) is 0 Å². The number of allylic oxidation sites excluding steroid dienone is 1. The van der Waals surface area contributed by atoms with Gasteiger partial charge >= 0.3 is 5.97 Å². The molecular weight excluding hydrogens is 472 g/mol. The van der Waals surface area contributed by atoms with Gasteiger partial charge in [0, 0.05) is 6.42 Å². The summed E-state index contributed by atoms with van der Waals surface area (Å²) in [5.41, 5.74) is 3.06. The van der Waals surface area contributed by atoms with Gasteiger partial charge in [-0.2, -0.15) is 0 Å².